The highest BCUT2D eigenvalue weighted by Gasteiger charge is 2.24. The van der Waals surface area contributed by atoms with Crippen molar-refractivity contribution in [3.05, 3.63) is 78.1 Å². The Hall–Kier alpha value is -3.68. The number of likely N-dealkylation sites (tertiary alicyclic amines) is 1. The molecule has 0 radical (unpaired) electrons. The maximum atomic E-state index is 10.7. The van der Waals surface area contributed by atoms with Crippen molar-refractivity contribution < 1.29 is 19.0 Å². The molecule has 1 aliphatic heterocycles. The topological polar surface area (TPSA) is 103 Å². The van der Waals surface area contributed by atoms with Crippen molar-refractivity contribution in [2.45, 2.75) is 31.8 Å². The number of para-hydroxylation sites is 1. The molecule has 0 bridgehead atoms. The minimum atomic E-state index is -0.633. The van der Waals surface area contributed by atoms with Gasteiger partial charge in [-0.1, -0.05) is 54.6 Å². The molecule has 0 amide bonds. The number of fused-ring (bicyclic) bond motifs is 2. The van der Waals surface area contributed by atoms with E-state index in [0.717, 1.165) is 31.3 Å². The minimum absolute atomic E-state index is 0.0822. The van der Waals surface area contributed by atoms with Crippen LogP contribution in [0.5, 0.6) is 5.75 Å². The number of nitrogens with zero attached hydrogens (tertiary/aromatic N) is 1. The van der Waals surface area contributed by atoms with Gasteiger partial charge in [-0.05, 0) is 60.3 Å². The molecule has 2 heterocycles. The maximum Gasteiger partial charge on any atom is 0.256 e. The Morgan fingerprint density at radius 1 is 1.03 bits per heavy atom. The summed E-state index contributed by atoms with van der Waals surface area (Å²) in [4.78, 5) is 2.31. The van der Waals surface area contributed by atoms with E-state index < -0.39 is 6.10 Å². The summed E-state index contributed by atoms with van der Waals surface area (Å²) < 4.78 is 16.7. The van der Waals surface area contributed by atoms with E-state index >= 15 is 0 Å². The van der Waals surface area contributed by atoms with E-state index in [1.807, 2.05) is 12.1 Å². The third-order valence-electron chi connectivity index (χ3n) is 6.74. The number of benzene rings is 3. The molecule has 5 rings (SSSR count). The molecule has 3 N–H and O–H groups in total. The van der Waals surface area contributed by atoms with Crippen LogP contribution in [0.4, 0.5) is 0 Å². The van der Waals surface area contributed by atoms with E-state index in [4.69, 9.17) is 24.7 Å². The van der Waals surface area contributed by atoms with Gasteiger partial charge in [-0.3, -0.25) is 10.8 Å². The van der Waals surface area contributed by atoms with Crippen molar-refractivity contribution in [2.24, 2.45) is 0 Å². The van der Waals surface area contributed by atoms with Crippen LogP contribution in [0.25, 0.3) is 21.7 Å². The van der Waals surface area contributed by atoms with Gasteiger partial charge in [0, 0.05) is 18.9 Å². The Bertz CT molecular complexity index is 1380. The standard InChI is InChI=1S/C29H31N3O4/c1-19(30)35-29(31)27-16-22-8-5-11-26(28(22)36-27)34-18-23(33)17-32-14-12-21(13-15-32)25-10-4-7-20-6-2-3-9-24(20)25/h2-11,16,21,23,30-31,33H,12-15,17-18H2,1H3/t23-/m0/s1. The van der Waals surface area contributed by atoms with Crippen LogP contribution in [-0.4, -0.2) is 54.1 Å². The number of aliphatic hydroxyl groups excluding tert-OH is 1. The Morgan fingerprint density at radius 2 is 1.75 bits per heavy atom. The third-order valence-corrected chi connectivity index (χ3v) is 6.74. The van der Waals surface area contributed by atoms with Gasteiger partial charge in [-0.25, -0.2) is 0 Å². The monoisotopic (exact) mass is 485 g/mol. The normalized spacial score (nSPS) is 15.7. The first kappa shape index (κ1) is 24.0. The van der Waals surface area contributed by atoms with Crippen molar-refractivity contribution in [2.75, 3.05) is 26.2 Å². The molecule has 0 saturated carbocycles. The van der Waals surface area contributed by atoms with Gasteiger partial charge in [0.05, 0.1) is 0 Å². The van der Waals surface area contributed by atoms with Gasteiger partial charge in [-0.2, -0.15) is 0 Å². The zero-order chi connectivity index (χ0) is 25.1. The summed E-state index contributed by atoms with van der Waals surface area (Å²) in [6.45, 7) is 4.04. The van der Waals surface area contributed by atoms with E-state index in [9.17, 15) is 5.11 Å². The van der Waals surface area contributed by atoms with Crippen LogP contribution in [0, 0.1) is 10.8 Å². The molecule has 7 heteroatoms. The predicted molar refractivity (Wildman–Crippen MR) is 141 cm³/mol. The van der Waals surface area contributed by atoms with Crippen LogP contribution < -0.4 is 4.74 Å². The lowest BCUT2D eigenvalue weighted by atomic mass is 9.86. The Labute approximate surface area is 210 Å². The number of rotatable bonds is 7. The molecule has 0 unspecified atom stereocenters. The number of nitrogens with one attached hydrogen (secondary N) is 2. The van der Waals surface area contributed by atoms with Gasteiger partial charge in [0.1, 0.15) is 12.7 Å². The second-order valence-electron chi connectivity index (χ2n) is 9.38. The Balaban J connectivity index is 1.16. The molecule has 4 aromatic rings. The van der Waals surface area contributed by atoms with Gasteiger partial charge in [0.2, 0.25) is 0 Å². The fraction of sp³-hybridized carbons (Fsp3) is 0.310. The highest BCUT2D eigenvalue weighted by molar-refractivity contribution is 6.00. The lowest BCUT2D eigenvalue weighted by Gasteiger charge is -2.33. The lowest BCUT2D eigenvalue weighted by molar-refractivity contribution is 0.0596. The third kappa shape index (κ3) is 5.27. The van der Waals surface area contributed by atoms with Crippen molar-refractivity contribution in [3.8, 4) is 5.75 Å². The van der Waals surface area contributed by atoms with E-state index in [-0.39, 0.29) is 24.2 Å². The predicted octanol–water partition coefficient (Wildman–Crippen LogP) is 5.54. The molecule has 0 aliphatic carbocycles. The molecule has 3 aromatic carbocycles. The van der Waals surface area contributed by atoms with Gasteiger partial charge in [0.15, 0.2) is 23.0 Å². The number of piperidine rings is 1. The van der Waals surface area contributed by atoms with E-state index in [1.54, 1.807) is 12.1 Å². The molecule has 1 aliphatic rings. The highest BCUT2D eigenvalue weighted by Crippen LogP contribution is 2.33. The first-order valence-corrected chi connectivity index (χ1v) is 12.3. The summed E-state index contributed by atoms with van der Waals surface area (Å²) in [6.07, 6.45) is 1.50. The first-order valence-electron chi connectivity index (χ1n) is 12.3. The molecular weight excluding hydrogens is 454 g/mol. The van der Waals surface area contributed by atoms with Gasteiger partial charge >= 0.3 is 0 Å². The number of β-amino-alcohol motifs (C(OH)–C–C–N with tert-alkyl or cyclic N) is 1. The summed E-state index contributed by atoms with van der Waals surface area (Å²) in [5.41, 5.74) is 1.92. The molecule has 0 spiro atoms. The number of hydrogen-bond acceptors (Lipinski definition) is 7. The number of hydrogen-bond donors (Lipinski definition) is 3. The maximum absolute atomic E-state index is 10.7. The van der Waals surface area contributed by atoms with Crippen LogP contribution in [0.1, 0.15) is 37.0 Å². The summed E-state index contributed by atoms with van der Waals surface area (Å²) in [7, 11) is 0. The van der Waals surface area contributed by atoms with Crippen LogP contribution in [0.15, 0.2) is 71.1 Å². The number of aliphatic hydroxyl groups is 1. The molecule has 1 aromatic heterocycles. The fourth-order valence-corrected chi connectivity index (χ4v) is 5.04. The smallest absolute Gasteiger partial charge is 0.256 e. The summed E-state index contributed by atoms with van der Waals surface area (Å²) in [5, 5.41) is 29.4. The lowest BCUT2D eigenvalue weighted by Crippen LogP contribution is -2.40. The average Bonchev–Trinajstić information content (AvgIpc) is 3.33. The SMILES string of the molecule is CC(=N)OC(=N)c1cc2cccc(OC[C@@H](O)CN3CCC(c4cccc5ccccc45)CC3)c2o1. The largest absolute Gasteiger partial charge is 0.487 e. The van der Waals surface area contributed by atoms with E-state index in [1.165, 1.54) is 23.3 Å². The number of furan rings is 1. The Morgan fingerprint density at radius 3 is 2.56 bits per heavy atom. The van der Waals surface area contributed by atoms with Crippen LogP contribution in [0.3, 0.4) is 0 Å². The Kier molecular flexibility index (Phi) is 7.02. The van der Waals surface area contributed by atoms with Crippen molar-refractivity contribution >= 4 is 33.5 Å². The van der Waals surface area contributed by atoms with Crippen LogP contribution in [-0.2, 0) is 4.74 Å². The first-order chi connectivity index (χ1) is 17.5. The van der Waals surface area contributed by atoms with Gasteiger partial charge in [0.25, 0.3) is 5.90 Å². The molecule has 1 saturated heterocycles. The summed E-state index contributed by atoms with van der Waals surface area (Å²) in [5.74, 6) is 0.956. The minimum Gasteiger partial charge on any atom is -0.487 e. The second kappa shape index (κ2) is 10.5. The zero-order valence-electron chi connectivity index (χ0n) is 20.4. The van der Waals surface area contributed by atoms with E-state index in [2.05, 4.69) is 47.4 Å². The van der Waals surface area contributed by atoms with Crippen molar-refractivity contribution in [1.29, 1.82) is 10.8 Å². The van der Waals surface area contributed by atoms with Crippen LogP contribution >= 0.6 is 0 Å². The molecule has 1 atom stereocenters. The summed E-state index contributed by atoms with van der Waals surface area (Å²) >= 11 is 0. The average molecular weight is 486 g/mol. The highest BCUT2D eigenvalue weighted by atomic mass is 16.5. The van der Waals surface area contributed by atoms with Crippen molar-refractivity contribution in [1.82, 2.24) is 4.90 Å². The molecule has 1 fully saturated rings. The van der Waals surface area contributed by atoms with E-state index in [0.29, 0.717) is 23.8 Å². The van der Waals surface area contributed by atoms with Crippen molar-refractivity contribution in [3.63, 3.8) is 0 Å². The zero-order valence-corrected chi connectivity index (χ0v) is 20.4. The molecule has 36 heavy (non-hydrogen) atoms. The fourth-order valence-electron chi connectivity index (χ4n) is 5.04. The van der Waals surface area contributed by atoms with Crippen LogP contribution in [0.2, 0.25) is 0 Å². The second-order valence-corrected chi connectivity index (χ2v) is 9.38. The summed E-state index contributed by atoms with van der Waals surface area (Å²) in [6, 6.07) is 22.3. The molecule has 186 valence electrons. The number of ether oxygens (including phenoxy) is 2. The van der Waals surface area contributed by atoms with Gasteiger partial charge in [-0.15, -0.1) is 0 Å². The van der Waals surface area contributed by atoms with Gasteiger partial charge < -0.3 is 23.9 Å². The molecule has 7 nitrogen and oxygen atoms in total. The quantitative estimate of drug-likeness (QED) is 0.235. The molecular formula is C29H31N3O4.